The molecular formula is C14H25NO3. The molecule has 0 bridgehead atoms. The molecule has 104 valence electrons. The van der Waals surface area contributed by atoms with Crippen LogP contribution in [-0.2, 0) is 14.3 Å². The van der Waals surface area contributed by atoms with Crippen molar-refractivity contribution in [3.8, 4) is 0 Å². The van der Waals surface area contributed by atoms with Gasteiger partial charge in [-0.25, -0.2) is 0 Å². The molecule has 0 N–H and O–H groups in total. The van der Waals surface area contributed by atoms with E-state index >= 15 is 0 Å². The zero-order chi connectivity index (χ0) is 13.8. The van der Waals surface area contributed by atoms with Crippen molar-refractivity contribution in [1.82, 2.24) is 4.90 Å². The highest BCUT2D eigenvalue weighted by Gasteiger charge is 2.22. The molecule has 0 radical (unpaired) electrons. The van der Waals surface area contributed by atoms with Crippen LogP contribution in [0, 0.1) is 5.92 Å². The van der Waals surface area contributed by atoms with Gasteiger partial charge in [0.1, 0.15) is 5.60 Å². The number of piperidine rings is 1. The highest BCUT2D eigenvalue weighted by atomic mass is 16.6. The van der Waals surface area contributed by atoms with Gasteiger partial charge in [-0.2, -0.15) is 0 Å². The Hall–Kier alpha value is -1.06. The van der Waals surface area contributed by atoms with Crippen LogP contribution in [0.2, 0.25) is 0 Å². The van der Waals surface area contributed by atoms with E-state index in [1.165, 1.54) is 6.42 Å². The summed E-state index contributed by atoms with van der Waals surface area (Å²) in [4.78, 5) is 25.3. The predicted octanol–water partition coefficient (Wildman–Crippen LogP) is 2.37. The lowest BCUT2D eigenvalue weighted by atomic mass is 10.00. The lowest BCUT2D eigenvalue weighted by molar-refractivity contribution is -0.156. The number of carbonyl (C=O) groups excluding carboxylic acids is 2. The van der Waals surface area contributed by atoms with Crippen molar-refractivity contribution >= 4 is 11.9 Å². The fourth-order valence-electron chi connectivity index (χ4n) is 2.18. The molecule has 0 aliphatic carbocycles. The van der Waals surface area contributed by atoms with Gasteiger partial charge >= 0.3 is 5.97 Å². The van der Waals surface area contributed by atoms with Gasteiger partial charge < -0.3 is 9.64 Å². The number of amides is 1. The predicted molar refractivity (Wildman–Crippen MR) is 70.1 cm³/mol. The van der Waals surface area contributed by atoms with Gasteiger partial charge in [-0.1, -0.05) is 6.92 Å². The van der Waals surface area contributed by atoms with Crippen molar-refractivity contribution in [2.75, 3.05) is 13.1 Å². The van der Waals surface area contributed by atoms with Crippen molar-refractivity contribution in [1.29, 1.82) is 0 Å². The third-order valence-corrected chi connectivity index (χ3v) is 2.97. The van der Waals surface area contributed by atoms with Crippen LogP contribution in [-0.4, -0.2) is 35.5 Å². The zero-order valence-corrected chi connectivity index (χ0v) is 12.0. The second kappa shape index (κ2) is 6.21. The first kappa shape index (κ1) is 15.0. The van der Waals surface area contributed by atoms with Crippen LogP contribution in [0.15, 0.2) is 0 Å². The highest BCUT2D eigenvalue weighted by molar-refractivity contribution is 5.81. The van der Waals surface area contributed by atoms with Crippen LogP contribution in [0.25, 0.3) is 0 Å². The summed E-state index contributed by atoms with van der Waals surface area (Å²) < 4.78 is 5.19. The largest absolute Gasteiger partial charge is 0.460 e. The Morgan fingerprint density at radius 2 is 1.94 bits per heavy atom. The molecule has 1 aliphatic heterocycles. The van der Waals surface area contributed by atoms with E-state index in [0.29, 0.717) is 5.92 Å². The molecule has 0 saturated carbocycles. The topological polar surface area (TPSA) is 46.6 Å². The monoisotopic (exact) mass is 255 g/mol. The summed E-state index contributed by atoms with van der Waals surface area (Å²) in [7, 11) is 0. The molecule has 4 heteroatoms. The molecule has 1 unspecified atom stereocenters. The Morgan fingerprint density at radius 1 is 1.28 bits per heavy atom. The maximum Gasteiger partial charge on any atom is 0.306 e. The molecule has 1 amide bonds. The second-order valence-corrected chi connectivity index (χ2v) is 6.17. The smallest absolute Gasteiger partial charge is 0.306 e. The molecule has 0 aromatic carbocycles. The molecule has 18 heavy (non-hydrogen) atoms. The molecule has 1 saturated heterocycles. The van der Waals surface area contributed by atoms with Crippen LogP contribution in [0.4, 0.5) is 0 Å². The van der Waals surface area contributed by atoms with Crippen molar-refractivity contribution in [2.24, 2.45) is 5.92 Å². The summed E-state index contributed by atoms with van der Waals surface area (Å²) in [5.74, 6) is 0.359. The third kappa shape index (κ3) is 5.52. The SMILES string of the molecule is CC1CCCN(C(=O)CCC(=O)OC(C)(C)C)C1. The van der Waals surface area contributed by atoms with E-state index in [4.69, 9.17) is 4.74 Å². The molecule has 1 fully saturated rings. The number of rotatable bonds is 3. The number of carbonyl (C=O) groups is 2. The van der Waals surface area contributed by atoms with Crippen LogP contribution >= 0.6 is 0 Å². The number of ether oxygens (including phenoxy) is 1. The van der Waals surface area contributed by atoms with Crippen LogP contribution < -0.4 is 0 Å². The molecule has 4 nitrogen and oxygen atoms in total. The lowest BCUT2D eigenvalue weighted by Crippen LogP contribution is -2.39. The Labute approximate surface area is 110 Å². The van der Waals surface area contributed by atoms with Crippen molar-refractivity contribution in [3.63, 3.8) is 0 Å². The summed E-state index contributed by atoms with van der Waals surface area (Å²) in [5.41, 5.74) is -0.472. The molecule has 1 heterocycles. The first-order chi connectivity index (χ1) is 8.28. The quantitative estimate of drug-likeness (QED) is 0.727. The highest BCUT2D eigenvalue weighted by Crippen LogP contribution is 2.17. The molecular weight excluding hydrogens is 230 g/mol. The van der Waals surface area contributed by atoms with E-state index in [2.05, 4.69) is 6.92 Å². The Bertz CT molecular complexity index is 307. The van der Waals surface area contributed by atoms with Gasteiger partial charge in [0.05, 0.1) is 6.42 Å². The van der Waals surface area contributed by atoms with Gasteiger partial charge in [0, 0.05) is 19.5 Å². The number of hydrogen-bond acceptors (Lipinski definition) is 3. The maximum atomic E-state index is 11.9. The Balaban J connectivity index is 2.30. The number of nitrogens with zero attached hydrogens (tertiary/aromatic N) is 1. The minimum absolute atomic E-state index is 0.0763. The lowest BCUT2D eigenvalue weighted by Gasteiger charge is -2.31. The summed E-state index contributed by atoms with van der Waals surface area (Å²) in [5, 5.41) is 0. The first-order valence-electron chi connectivity index (χ1n) is 6.77. The van der Waals surface area contributed by atoms with Gasteiger partial charge in [-0.15, -0.1) is 0 Å². The fourth-order valence-corrected chi connectivity index (χ4v) is 2.18. The molecule has 1 rings (SSSR count). The summed E-state index contributed by atoms with van der Waals surface area (Å²) >= 11 is 0. The molecule has 1 aliphatic rings. The normalized spacial score (nSPS) is 20.7. The Morgan fingerprint density at radius 3 is 2.50 bits per heavy atom. The van der Waals surface area contributed by atoms with E-state index in [1.54, 1.807) is 0 Å². The average molecular weight is 255 g/mol. The van der Waals surface area contributed by atoms with E-state index in [1.807, 2.05) is 25.7 Å². The number of hydrogen-bond donors (Lipinski definition) is 0. The third-order valence-electron chi connectivity index (χ3n) is 2.97. The maximum absolute atomic E-state index is 11.9. The van der Waals surface area contributed by atoms with Crippen molar-refractivity contribution in [3.05, 3.63) is 0 Å². The minimum atomic E-state index is -0.472. The molecule has 1 atom stereocenters. The van der Waals surface area contributed by atoms with Crippen LogP contribution in [0.1, 0.15) is 53.4 Å². The van der Waals surface area contributed by atoms with Crippen LogP contribution in [0.3, 0.4) is 0 Å². The average Bonchev–Trinajstić information content (AvgIpc) is 2.23. The molecule has 0 aromatic heterocycles. The summed E-state index contributed by atoms with van der Waals surface area (Å²) in [6.07, 6.45) is 2.71. The first-order valence-corrected chi connectivity index (χ1v) is 6.77. The fraction of sp³-hybridized carbons (Fsp3) is 0.857. The van der Waals surface area contributed by atoms with Gasteiger partial charge in [-0.05, 0) is 39.5 Å². The molecule has 0 spiro atoms. The van der Waals surface area contributed by atoms with Crippen molar-refractivity contribution < 1.29 is 14.3 Å². The van der Waals surface area contributed by atoms with E-state index in [0.717, 1.165) is 19.5 Å². The second-order valence-electron chi connectivity index (χ2n) is 6.17. The van der Waals surface area contributed by atoms with Gasteiger partial charge in [0.25, 0.3) is 0 Å². The van der Waals surface area contributed by atoms with Crippen LogP contribution in [0.5, 0.6) is 0 Å². The van der Waals surface area contributed by atoms with Gasteiger partial charge in [0.2, 0.25) is 5.91 Å². The molecule has 0 aromatic rings. The summed E-state index contributed by atoms with van der Waals surface area (Å²) in [6.45, 7) is 9.31. The van der Waals surface area contributed by atoms with E-state index < -0.39 is 5.60 Å². The van der Waals surface area contributed by atoms with Crippen molar-refractivity contribution in [2.45, 2.75) is 59.0 Å². The van der Waals surface area contributed by atoms with Gasteiger partial charge in [-0.3, -0.25) is 9.59 Å². The standard InChI is InChI=1S/C14H25NO3/c1-11-6-5-9-15(10-11)12(16)7-8-13(17)18-14(2,3)4/h11H,5-10H2,1-4H3. The van der Waals surface area contributed by atoms with E-state index in [-0.39, 0.29) is 24.7 Å². The zero-order valence-electron chi connectivity index (χ0n) is 12.0. The summed E-state index contributed by atoms with van der Waals surface area (Å²) in [6, 6.07) is 0. The van der Waals surface area contributed by atoms with Gasteiger partial charge in [0.15, 0.2) is 0 Å². The number of likely N-dealkylation sites (tertiary alicyclic amines) is 1. The number of esters is 1. The van der Waals surface area contributed by atoms with E-state index in [9.17, 15) is 9.59 Å². The minimum Gasteiger partial charge on any atom is -0.460 e. The Kier molecular flexibility index (Phi) is 5.17.